The maximum absolute atomic E-state index is 11.7. The van der Waals surface area contributed by atoms with Crippen molar-refractivity contribution in [1.82, 2.24) is 0 Å². The van der Waals surface area contributed by atoms with Crippen molar-refractivity contribution in [3.05, 3.63) is 0 Å². The van der Waals surface area contributed by atoms with Gasteiger partial charge in [-0.25, -0.2) is 0 Å². The molecule has 0 aliphatic carbocycles. The zero-order chi connectivity index (χ0) is 13.5. The highest BCUT2D eigenvalue weighted by Gasteiger charge is 2.05. The Morgan fingerprint density at radius 2 is 0.889 bits per heavy atom. The molecule has 110 valence electrons. The predicted molar refractivity (Wildman–Crippen MR) is 84.6 cm³/mol. The Kier molecular flexibility index (Phi) is 15.6. The van der Waals surface area contributed by atoms with Crippen molar-refractivity contribution in [2.45, 2.75) is 90.9 Å². The number of hydrogen-bond acceptors (Lipinski definition) is 1. The minimum atomic E-state index is -0.534. The molecule has 0 amide bonds. The standard InChI is InChI=1S/C16H34OS/c1-3-5-7-9-11-13-15-18(17)16-14-12-10-8-6-4-2/h3-16H2,1-2H3. The van der Waals surface area contributed by atoms with Gasteiger partial charge < -0.3 is 4.55 Å². The summed E-state index contributed by atoms with van der Waals surface area (Å²) in [6, 6.07) is 0. The van der Waals surface area contributed by atoms with Crippen LogP contribution in [0.1, 0.15) is 90.9 Å². The summed E-state index contributed by atoms with van der Waals surface area (Å²) < 4.78 is 11.7. The van der Waals surface area contributed by atoms with Crippen LogP contribution in [0, 0.1) is 0 Å². The van der Waals surface area contributed by atoms with E-state index in [1.54, 1.807) is 0 Å². The van der Waals surface area contributed by atoms with Gasteiger partial charge in [-0.3, -0.25) is 0 Å². The summed E-state index contributed by atoms with van der Waals surface area (Å²) in [6.45, 7) is 4.49. The van der Waals surface area contributed by atoms with Gasteiger partial charge in [-0.05, 0) is 25.7 Å². The van der Waals surface area contributed by atoms with Gasteiger partial charge in [-0.15, -0.1) is 0 Å². The highest BCUT2D eigenvalue weighted by molar-refractivity contribution is 7.91. The van der Waals surface area contributed by atoms with E-state index in [9.17, 15) is 4.55 Å². The van der Waals surface area contributed by atoms with Gasteiger partial charge >= 0.3 is 0 Å². The second-order valence-electron chi connectivity index (χ2n) is 5.38. The Balaban J connectivity index is 3.10. The van der Waals surface area contributed by atoms with Crippen LogP contribution in [0.15, 0.2) is 0 Å². The second kappa shape index (κ2) is 15.4. The summed E-state index contributed by atoms with van der Waals surface area (Å²) in [5.74, 6) is 1.89. The summed E-state index contributed by atoms with van der Waals surface area (Å²) in [5, 5.41) is 0. The molecule has 0 unspecified atom stereocenters. The SMILES string of the molecule is CCCCCCCC[S+]([O-])CCCCCCCC. The smallest absolute Gasteiger partial charge is 0.105 e. The topological polar surface area (TPSA) is 23.1 Å². The third-order valence-corrected chi connectivity index (χ3v) is 4.94. The first-order valence-electron chi connectivity index (χ1n) is 8.16. The molecule has 0 spiro atoms. The van der Waals surface area contributed by atoms with Crippen LogP contribution in [0.2, 0.25) is 0 Å². The molecule has 0 aliphatic heterocycles. The Morgan fingerprint density at radius 1 is 0.556 bits per heavy atom. The average molecular weight is 275 g/mol. The Bertz CT molecular complexity index is 134. The van der Waals surface area contributed by atoms with Crippen LogP contribution in [0.4, 0.5) is 0 Å². The summed E-state index contributed by atoms with van der Waals surface area (Å²) in [7, 11) is 0. The lowest BCUT2D eigenvalue weighted by molar-refractivity contribution is 0.574. The van der Waals surface area contributed by atoms with Crippen molar-refractivity contribution in [1.29, 1.82) is 0 Å². The van der Waals surface area contributed by atoms with Gasteiger partial charge in [0.05, 0.1) is 0 Å². The summed E-state index contributed by atoms with van der Waals surface area (Å²) in [6.07, 6.45) is 15.6. The molecule has 0 heterocycles. The van der Waals surface area contributed by atoms with E-state index in [1.807, 2.05) is 0 Å². The first-order valence-corrected chi connectivity index (χ1v) is 9.65. The van der Waals surface area contributed by atoms with E-state index in [0.717, 1.165) is 11.5 Å². The van der Waals surface area contributed by atoms with Crippen LogP contribution in [-0.2, 0) is 11.2 Å². The van der Waals surface area contributed by atoms with E-state index >= 15 is 0 Å². The number of rotatable bonds is 14. The molecule has 18 heavy (non-hydrogen) atoms. The molecule has 2 heteroatoms. The van der Waals surface area contributed by atoms with Crippen molar-refractivity contribution in [3.63, 3.8) is 0 Å². The van der Waals surface area contributed by atoms with Crippen molar-refractivity contribution in [3.8, 4) is 0 Å². The Morgan fingerprint density at radius 3 is 1.28 bits per heavy atom. The molecule has 1 nitrogen and oxygen atoms in total. The molecule has 0 atom stereocenters. The van der Waals surface area contributed by atoms with Gasteiger partial charge in [0, 0.05) is 0 Å². The van der Waals surface area contributed by atoms with Crippen molar-refractivity contribution >= 4 is 11.2 Å². The van der Waals surface area contributed by atoms with E-state index in [-0.39, 0.29) is 0 Å². The van der Waals surface area contributed by atoms with Crippen LogP contribution < -0.4 is 0 Å². The summed E-state index contributed by atoms with van der Waals surface area (Å²) in [4.78, 5) is 0. The van der Waals surface area contributed by atoms with Crippen molar-refractivity contribution in [2.75, 3.05) is 11.5 Å². The highest BCUT2D eigenvalue weighted by Crippen LogP contribution is 2.09. The van der Waals surface area contributed by atoms with E-state index in [4.69, 9.17) is 0 Å². The van der Waals surface area contributed by atoms with Crippen LogP contribution >= 0.6 is 0 Å². The van der Waals surface area contributed by atoms with Crippen LogP contribution in [0.25, 0.3) is 0 Å². The molecule has 0 aromatic carbocycles. The average Bonchev–Trinajstić information content (AvgIpc) is 2.38. The van der Waals surface area contributed by atoms with Gasteiger partial charge in [-0.1, -0.05) is 76.4 Å². The maximum Gasteiger partial charge on any atom is 0.105 e. The zero-order valence-corrected chi connectivity index (χ0v) is 13.5. The quantitative estimate of drug-likeness (QED) is 0.305. The first kappa shape index (κ1) is 18.3. The molecule has 0 N–H and O–H groups in total. The highest BCUT2D eigenvalue weighted by atomic mass is 32.2. The van der Waals surface area contributed by atoms with Crippen LogP contribution in [0.3, 0.4) is 0 Å². The largest absolute Gasteiger partial charge is 0.616 e. The first-order chi connectivity index (χ1) is 8.81. The Hall–Kier alpha value is 0.310. The zero-order valence-electron chi connectivity index (χ0n) is 12.7. The maximum atomic E-state index is 11.7. The normalized spacial score (nSPS) is 11.3. The fourth-order valence-electron chi connectivity index (χ4n) is 2.19. The van der Waals surface area contributed by atoms with Gasteiger partial charge in [-0.2, -0.15) is 0 Å². The van der Waals surface area contributed by atoms with E-state index < -0.39 is 11.2 Å². The molecule has 0 saturated carbocycles. The predicted octanol–water partition coefficient (Wildman–Crippen LogP) is 5.46. The number of unbranched alkanes of at least 4 members (excludes halogenated alkanes) is 10. The van der Waals surface area contributed by atoms with Crippen molar-refractivity contribution in [2.24, 2.45) is 0 Å². The minimum absolute atomic E-state index is 0.534. The fraction of sp³-hybridized carbons (Fsp3) is 1.00. The Labute approximate surface area is 118 Å². The lowest BCUT2D eigenvalue weighted by atomic mass is 10.1. The van der Waals surface area contributed by atoms with Gasteiger partial charge in [0.2, 0.25) is 0 Å². The van der Waals surface area contributed by atoms with Gasteiger partial charge in [0.1, 0.15) is 11.5 Å². The minimum Gasteiger partial charge on any atom is -0.616 e. The van der Waals surface area contributed by atoms with Crippen LogP contribution in [0.5, 0.6) is 0 Å². The molecule has 0 aromatic rings. The molecule has 0 radical (unpaired) electrons. The molecule has 0 fully saturated rings. The molecule has 0 aromatic heterocycles. The van der Waals surface area contributed by atoms with Crippen LogP contribution in [-0.4, -0.2) is 16.1 Å². The van der Waals surface area contributed by atoms with Crippen molar-refractivity contribution < 1.29 is 4.55 Å². The third-order valence-electron chi connectivity index (χ3n) is 3.45. The molecule has 0 saturated heterocycles. The molecular weight excluding hydrogens is 240 g/mol. The lowest BCUT2D eigenvalue weighted by Crippen LogP contribution is -2.11. The third kappa shape index (κ3) is 14.4. The van der Waals surface area contributed by atoms with Gasteiger partial charge in [0.25, 0.3) is 0 Å². The summed E-state index contributed by atoms with van der Waals surface area (Å²) in [5.41, 5.74) is 0. The van der Waals surface area contributed by atoms with E-state index in [0.29, 0.717) is 0 Å². The lowest BCUT2D eigenvalue weighted by Gasteiger charge is -2.10. The number of hydrogen-bond donors (Lipinski definition) is 0. The molecule has 0 aliphatic rings. The monoisotopic (exact) mass is 274 g/mol. The molecular formula is C16H34OS. The molecule has 0 rings (SSSR count). The summed E-state index contributed by atoms with van der Waals surface area (Å²) >= 11 is -0.534. The van der Waals surface area contributed by atoms with E-state index in [2.05, 4.69) is 13.8 Å². The van der Waals surface area contributed by atoms with E-state index in [1.165, 1.54) is 77.0 Å². The second-order valence-corrected chi connectivity index (χ2v) is 7.08. The molecule has 0 bridgehead atoms. The fourth-order valence-corrected chi connectivity index (χ4v) is 3.45. The van der Waals surface area contributed by atoms with Gasteiger partial charge in [0.15, 0.2) is 0 Å².